The molecule has 0 spiro atoms. The average molecular weight is 300 g/mol. The number of benzene rings is 2. The summed E-state index contributed by atoms with van der Waals surface area (Å²) in [6.45, 7) is 0. The highest BCUT2D eigenvalue weighted by atomic mass is 32.2. The molecule has 1 heterocycles. The second-order valence-electron chi connectivity index (χ2n) is 4.30. The van der Waals surface area contributed by atoms with Crippen LogP contribution in [-0.2, 0) is 6.18 Å². The molecule has 0 amide bonds. The molecule has 2 nitrogen and oxygen atoms in total. The summed E-state index contributed by atoms with van der Waals surface area (Å²) in [5, 5.41) is 2.88. The Kier molecular flexibility index (Phi) is 2.82. The van der Waals surface area contributed by atoms with Gasteiger partial charge in [-0.15, -0.1) is 0 Å². The lowest BCUT2D eigenvalue weighted by Gasteiger charge is -2.23. The molecular weight excluding hydrogens is 292 g/mol. The molecule has 0 atom stereocenters. The fraction of sp³-hybridized carbons (Fsp3) is 0.0769. The van der Waals surface area contributed by atoms with Crippen molar-refractivity contribution in [2.24, 2.45) is 0 Å². The van der Waals surface area contributed by atoms with E-state index in [-0.39, 0.29) is 5.69 Å². The lowest BCUT2D eigenvalue weighted by molar-refractivity contribution is -0.137. The van der Waals surface area contributed by atoms with Gasteiger partial charge in [0.05, 0.1) is 22.6 Å². The maximum atomic E-state index is 13.2. The third-order valence-corrected chi connectivity index (χ3v) is 4.00. The first-order valence-corrected chi connectivity index (χ1v) is 6.41. The van der Waals surface area contributed by atoms with Crippen LogP contribution in [0.25, 0.3) is 0 Å². The van der Waals surface area contributed by atoms with E-state index in [4.69, 9.17) is 5.73 Å². The Labute approximate surface area is 116 Å². The smallest absolute Gasteiger partial charge is 0.397 e. The number of hydrogen-bond donors (Lipinski definition) is 2. The van der Waals surface area contributed by atoms with Crippen LogP contribution in [0.2, 0.25) is 0 Å². The molecule has 0 unspecified atom stereocenters. The van der Waals surface area contributed by atoms with Crippen molar-refractivity contribution in [3.63, 3.8) is 0 Å². The van der Waals surface area contributed by atoms with E-state index in [1.807, 2.05) is 0 Å². The third kappa shape index (κ3) is 2.18. The highest BCUT2D eigenvalue weighted by Crippen LogP contribution is 2.48. The molecule has 0 radical (unpaired) electrons. The van der Waals surface area contributed by atoms with Crippen molar-refractivity contribution in [2.45, 2.75) is 16.0 Å². The molecule has 7 heteroatoms. The first-order valence-electron chi connectivity index (χ1n) is 5.60. The molecule has 0 saturated heterocycles. The Morgan fingerprint density at radius 1 is 1.05 bits per heavy atom. The lowest BCUT2D eigenvalue weighted by Crippen LogP contribution is -2.10. The van der Waals surface area contributed by atoms with E-state index in [1.165, 1.54) is 18.2 Å². The zero-order valence-corrected chi connectivity index (χ0v) is 10.7. The number of nitrogens with two attached hydrogens (primary N) is 1. The van der Waals surface area contributed by atoms with Gasteiger partial charge in [-0.2, -0.15) is 13.2 Å². The van der Waals surface area contributed by atoms with Crippen molar-refractivity contribution >= 4 is 28.8 Å². The maximum absolute atomic E-state index is 13.2. The fourth-order valence-corrected chi connectivity index (χ4v) is 3.01. The SMILES string of the molecule is Nc1cc(C(F)(F)F)cc2c1Nc1cc(F)ccc1S2. The largest absolute Gasteiger partial charge is 0.416 e. The summed E-state index contributed by atoms with van der Waals surface area (Å²) in [6.07, 6.45) is -4.45. The van der Waals surface area contributed by atoms with Gasteiger partial charge in [-0.25, -0.2) is 4.39 Å². The second-order valence-corrected chi connectivity index (χ2v) is 5.39. The minimum Gasteiger partial charge on any atom is -0.397 e. The molecule has 1 aliphatic heterocycles. The minimum atomic E-state index is -4.45. The van der Waals surface area contributed by atoms with Crippen LogP contribution in [-0.4, -0.2) is 0 Å². The van der Waals surface area contributed by atoms with Gasteiger partial charge in [-0.05, 0) is 30.3 Å². The van der Waals surface area contributed by atoms with E-state index in [2.05, 4.69) is 5.32 Å². The highest BCUT2D eigenvalue weighted by Gasteiger charge is 2.33. The Bertz CT molecular complexity index is 698. The van der Waals surface area contributed by atoms with Crippen LogP contribution in [0.15, 0.2) is 40.1 Å². The van der Waals surface area contributed by atoms with Crippen LogP contribution in [0.4, 0.5) is 34.6 Å². The van der Waals surface area contributed by atoms with Crippen LogP contribution >= 0.6 is 11.8 Å². The van der Waals surface area contributed by atoms with Crippen LogP contribution in [0.1, 0.15) is 5.56 Å². The molecule has 104 valence electrons. The van der Waals surface area contributed by atoms with Crippen LogP contribution in [0.5, 0.6) is 0 Å². The van der Waals surface area contributed by atoms with Gasteiger partial charge in [-0.3, -0.25) is 0 Å². The quantitative estimate of drug-likeness (QED) is 0.469. The van der Waals surface area contributed by atoms with E-state index >= 15 is 0 Å². The maximum Gasteiger partial charge on any atom is 0.416 e. The van der Waals surface area contributed by atoms with E-state index in [9.17, 15) is 17.6 Å². The molecule has 0 saturated carbocycles. The Hall–Kier alpha value is -1.89. The number of alkyl halides is 3. The summed E-state index contributed by atoms with van der Waals surface area (Å²) < 4.78 is 51.4. The first-order chi connectivity index (χ1) is 9.34. The number of nitrogens with one attached hydrogen (secondary N) is 1. The molecule has 2 aromatic carbocycles. The van der Waals surface area contributed by atoms with Crippen molar-refractivity contribution < 1.29 is 17.6 Å². The summed E-state index contributed by atoms with van der Waals surface area (Å²) in [5.74, 6) is -0.425. The van der Waals surface area contributed by atoms with Crippen molar-refractivity contribution in [1.29, 1.82) is 0 Å². The van der Waals surface area contributed by atoms with E-state index in [0.717, 1.165) is 23.9 Å². The summed E-state index contributed by atoms with van der Waals surface area (Å²) in [6, 6.07) is 5.96. The minimum absolute atomic E-state index is 0.0164. The zero-order chi connectivity index (χ0) is 14.5. The van der Waals surface area contributed by atoms with Crippen LogP contribution in [0.3, 0.4) is 0 Å². The second kappa shape index (κ2) is 4.31. The molecule has 20 heavy (non-hydrogen) atoms. The standard InChI is InChI=1S/C13H8F4N2S/c14-7-1-2-10-9(5-7)19-12-8(18)3-6(13(15,16)17)4-11(12)20-10/h1-5,19H,18H2. The predicted molar refractivity (Wildman–Crippen MR) is 69.7 cm³/mol. The predicted octanol–water partition coefficient (Wildman–Crippen LogP) is 4.63. The number of nitrogen functional groups attached to an aromatic ring is 1. The number of fused-ring (bicyclic) bond motifs is 2. The normalized spacial score (nSPS) is 13.4. The summed E-state index contributed by atoms with van der Waals surface area (Å²) >= 11 is 1.13. The number of hydrogen-bond acceptors (Lipinski definition) is 3. The zero-order valence-electron chi connectivity index (χ0n) is 9.88. The van der Waals surface area contributed by atoms with Crippen LogP contribution in [0, 0.1) is 5.82 Å². The molecule has 0 aliphatic carbocycles. The van der Waals surface area contributed by atoms with Gasteiger partial charge >= 0.3 is 6.18 Å². The van der Waals surface area contributed by atoms with Crippen molar-refractivity contribution in [2.75, 3.05) is 11.1 Å². The number of anilines is 3. The summed E-state index contributed by atoms with van der Waals surface area (Å²) in [4.78, 5) is 1.02. The Morgan fingerprint density at radius 3 is 2.50 bits per heavy atom. The Balaban J connectivity index is 2.10. The van der Waals surface area contributed by atoms with E-state index < -0.39 is 17.6 Å². The topological polar surface area (TPSA) is 38.0 Å². The Morgan fingerprint density at radius 2 is 1.80 bits per heavy atom. The van der Waals surface area contributed by atoms with Crippen molar-refractivity contribution in [3.05, 3.63) is 41.7 Å². The summed E-state index contributed by atoms with van der Waals surface area (Å²) in [7, 11) is 0. The van der Waals surface area contributed by atoms with Gasteiger partial charge in [0, 0.05) is 9.79 Å². The fourth-order valence-electron chi connectivity index (χ4n) is 1.96. The molecule has 3 N–H and O–H groups in total. The monoisotopic (exact) mass is 300 g/mol. The molecule has 1 aliphatic rings. The molecule has 3 rings (SSSR count). The van der Waals surface area contributed by atoms with Gasteiger partial charge in [0.1, 0.15) is 5.82 Å². The van der Waals surface area contributed by atoms with Gasteiger partial charge in [0.15, 0.2) is 0 Å². The van der Waals surface area contributed by atoms with E-state index in [1.54, 1.807) is 0 Å². The van der Waals surface area contributed by atoms with Crippen molar-refractivity contribution in [1.82, 2.24) is 0 Å². The number of rotatable bonds is 0. The van der Waals surface area contributed by atoms with Gasteiger partial charge < -0.3 is 11.1 Å². The highest BCUT2D eigenvalue weighted by molar-refractivity contribution is 7.99. The number of halogens is 4. The van der Waals surface area contributed by atoms with E-state index in [0.29, 0.717) is 21.2 Å². The van der Waals surface area contributed by atoms with Crippen molar-refractivity contribution in [3.8, 4) is 0 Å². The first kappa shape index (κ1) is 13.1. The van der Waals surface area contributed by atoms with Gasteiger partial charge in [0.2, 0.25) is 0 Å². The van der Waals surface area contributed by atoms with Crippen LogP contribution < -0.4 is 11.1 Å². The lowest BCUT2D eigenvalue weighted by atomic mass is 10.1. The molecular formula is C13H8F4N2S. The molecule has 2 aromatic rings. The average Bonchev–Trinajstić information content (AvgIpc) is 2.36. The molecule has 0 bridgehead atoms. The van der Waals surface area contributed by atoms with Gasteiger partial charge in [-0.1, -0.05) is 11.8 Å². The molecule has 0 aromatic heterocycles. The molecule has 0 fully saturated rings. The summed E-state index contributed by atoms with van der Waals surface area (Å²) in [5.41, 5.74) is 5.72. The van der Waals surface area contributed by atoms with Gasteiger partial charge in [0.25, 0.3) is 0 Å². The third-order valence-electron chi connectivity index (χ3n) is 2.88.